The second-order valence-corrected chi connectivity index (χ2v) is 5.57. The minimum absolute atomic E-state index is 0.245. The summed E-state index contributed by atoms with van der Waals surface area (Å²) < 4.78 is 43.9. The number of carbonyl (C=O) groups excluding carboxylic acids is 1. The molecular weight excluding hydrogens is 383 g/mol. The van der Waals surface area contributed by atoms with E-state index >= 15 is 0 Å². The van der Waals surface area contributed by atoms with Crippen molar-refractivity contribution in [2.45, 2.75) is 6.18 Å². The fourth-order valence-electron chi connectivity index (χ4n) is 2.10. The van der Waals surface area contributed by atoms with Gasteiger partial charge in [-0.1, -0.05) is 23.7 Å². The van der Waals surface area contributed by atoms with Crippen LogP contribution < -0.4 is 15.4 Å². The molecule has 140 valence electrons. The Morgan fingerprint density at radius 3 is 2.56 bits per heavy atom. The number of methoxy groups -OCH3 is 1. The van der Waals surface area contributed by atoms with Gasteiger partial charge < -0.3 is 15.4 Å². The number of amides is 1. The fourth-order valence-corrected chi connectivity index (χ4v) is 2.35. The van der Waals surface area contributed by atoms with Crippen molar-refractivity contribution < 1.29 is 22.7 Å². The molecular formula is C18H13ClF3N3O2. The Morgan fingerprint density at radius 2 is 1.96 bits per heavy atom. The van der Waals surface area contributed by atoms with Crippen LogP contribution in [0.5, 0.6) is 5.75 Å². The van der Waals surface area contributed by atoms with Crippen molar-refractivity contribution >= 4 is 28.9 Å². The van der Waals surface area contributed by atoms with E-state index in [0.717, 1.165) is 12.3 Å². The molecule has 2 rings (SSSR count). The van der Waals surface area contributed by atoms with Crippen molar-refractivity contribution in [3.8, 4) is 11.8 Å². The van der Waals surface area contributed by atoms with Gasteiger partial charge in [0.1, 0.15) is 17.4 Å². The molecule has 0 aromatic heterocycles. The highest BCUT2D eigenvalue weighted by Crippen LogP contribution is 2.34. The van der Waals surface area contributed by atoms with Gasteiger partial charge in [-0.25, -0.2) is 0 Å². The zero-order chi connectivity index (χ0) is 20.0. The van der Waals surface area contributed by atoms with Gasteiger partial charge in [-0.15, -0.1) is 0 Å². The van der Waals surface area contributed by atoms with E-state index in [1.807, 2.05) is 0 Å². The van der Waals surface area contributed by atoms with Crippen molar-refractivity contribution in [2.75, 3.05) is 17.7 Å². The highest BCUT2D eigenvalue weighted by molar-refractivity contribution is 6.32. The monoisotopic (exact) mass is 395 g/mol. The molecule has 0 aliphatic rings. The number of anilines is 2. The Kier molecular flexibility index (Phi) is 6.32. The number of rotatable bonds is 5. The van der Waals surface area contributed by atoms with Crippen molar-refractivity contribution in [3.63, 3.8) is 0 Å². The van der Waals surface area contributed by atoms with E-state index in [0.29, 0.717) is 11.4 Å². The molecule has 2 aromatic rings. The second kappa shape index (κ2) is 8.47. The summed E-state index contributed by atoms with van der Waals surface area (Å²) in [5, 5.41) is 14.2. The molecule has 0 atom stereocenters. The van der Waals surface area contributed by atoms with E-state index < -0.39 is 23.2 Å². The number of halogens is 4. The maximum Gasteiger partial charge on any atom is 0.418 e. The summed E-state index contributed by atoms with van der Waals surface area (Å²) >= 11 is 5.95. The third kappa shape index (κ3) is 5.15. The Morgan fingerprint density at radius 1 is 1.26 bits per heavy atom. The van der Waals surface area contributed by atoms with Crippen LogP contribution in [-0.2, 0) is 11.0 Å². The Labute approximate surface area is 158 Å². The van der Waals surface area contributed by atoms with Gasteiger partial charge in [-0.2, -0.15) is 18.4 Å². The van der Waals surface area contributed by atoms with Crippen LogP contribution in [0.2, 0.25) is 5.02 Å². The molecule has 0 bridgehead atoms. The van der Waals surface area contributed by atoms with Crippen molar-refractivity contribution in [2.24, 2.45) is 0 Å². The van der Waals surface area contributed by atoms with Crippen LogP contribution in [0.1, 0.15) is 5.56 Å². The Balaban J connectivity index is 2.18. The Hall–Kier alpha value is -3.18. The van der Waals surface area contributed by atoms with Crippen LogP contribution in [0.4, 0.5) is 24.5 Å². The van der Waals surface area contributed by atoms with Gasteiger partial charge in [-0.05, 0) is 30.3 Å². The minimum Gasteiger partial charge on any atom is -0.495 e. The van der Waals surface area contributed by atoms with Gasteiger partial charge >= 0.3 is 6.18 Å². The first-order valence-electron chi connectivity index (χ1n) is 7.44. The maximum absolute atomic E-state index is 13.0. The van der Waals surface area contributed by atoms with Crippen LogP contribution in [0.3, 0.4) is 0 Å². The largest absolute Gasteiger partial charge is 0.495 e. The number of nitrogens with one attached hydrogen (secondary N) is 2. The average molecular weight is 396 g/mol. The molecule has 0 aliphatic carbocycles. The van der Waals surface area contributed by atoms with Crippen LogP contribution in [0.15, 0.2) is 54.2 Å². The van der Waals surface area contributed by atoms with E-state index in [1.165, 1.54) is 43.5 Å². The van der Waals surface area contributed by atoms with Gasteiger partial charge in [0.2, 0.25) is 0 Å². The first kappa shape index (κ1) is 20.1. The molecule has 0 heterocycles. The van der Waals surface area contributed by atoms with E-state index in [9.17, 15) is 18.0 Å². The molecule has 0 saturated heterocycles. The highest BCUT2D eigenvalue weighted by Gasteiger charge is 2.33. The summed E-state index contributed by atoms with van der Waals surface area (Å²) in [7, 11) is 1.43. The summed E-state index contributed by atoms with van der Waals surface area (Å²) in [5.41, 5.74) is -1.32. The quantitative estimate of drug-likeness (QED) is 0.562. The zero-order valence-electron chi connectivity index (χ0n) is 13.9. The second-order valence-electron chi connectivity index (χ2n) is 5.16. The summed E-state index contributed by atoms with van der Waals surface area (Å²) in [5.74, 6) is -0.410. The number of hydrogen-bond donors (Lipinski definition) is 2. The molecule has 27 heavy (non-hydrogen) atoms. The predicted molar refractivity (Wildman–Crippen MR) is 95.4 cm³/mol. The smallest absolute Gasteiger partial charge is 0.418 e. The van der Waals surface area contributed by atoms with Crippen molar-refractivity contribution in [3.05, 3.63) is 64.8 Å². The number of nitriles is 1. The van der Waals surface area contributed by atoms with Gasteiger partial charge in [0, 0.05) is 11.9 Å². The standard InChI is InChI=1S/C18H13ClF3N3O2/c1-27-16-7-6-12(8-14(16)19)25-17(26)11(9-23)10-24-15-5-3-2-4-13(15)18(20,21)22/h2-8,10,24H,1H3,(H,25,26)/b11-10-. The molecule has 0 unspecified atom stereocenters. The lowest BCUT2D eigenvalue weighted by atomic mass is 10.1. The summed E-state index contributed by atoms with van der Waals surface area (Å²) in [4.78, 5) is 12.2. The molecule has 5 nitrogen and oxygen atoms in total. The number of para-hydroxylation sites is 1. The molecule has 2 aromatic carbocycles. The number of hydrogen-bond acceptors (Lipinski definition) is 4. The molecule has 0 saturated carbocycles. The maximum atomic E-state index is 13.0. The highest BCUT2D eigenvalue weighted by atomic mass is 35.5. The van der Waals surface area contributed by atoms with Crippen molar-refractivity contribution in [1.29, 1.82) is 5.26 Å². The third-order valence-corrected chi connectivity index (χ3v) is 3.67. The average Bonchev–Trinajstić information content (AvgIpc) is 2.62. The van der Waals surface area contributed by atoms with Gasteiger partial charge in [0.05, 0.1) is 23.4 Å². The number of ether oxygens (including phenoxy) is 1. The summed E-state index contributed by atoms with van der Waals surface area (Å²) in [6, 6.07) is 10.8. The normalized spacial score (nSPS) is 11.5. The molecule has 0 fully saturated rings. The molecule has 9 heteroatoms. The molecule has 0 aliphatic heterocycles. The SMILES string of the molecule is COc1ccc(NC(=O)/C(C#N)=C\Nc2ccccc2C(F)(F)F)cc1Cl. The number of alkyl halides is 3. The van der Waals surface area contributed by atoms with Crippen LogP contribution in [0.25, 0.3) is 0 Å². The fraction of sp³-hybridized carbons (Fsp3) is 0.111. The van der Waals surface area contributed by atoms with E-state index in [1.54, 1.807) is 6.07 Å². The first-order valence-corrected chi connectivity index (χ1v) is 7.82. The first-order chi connectivity index (χ1) is 12.8. The molecule has 0 radical (unpaired) electrons. The van der Waals surface area contributed by atoms with Gasteiger partial charge in [-0.3, -0.25) is 4.79 Å². The summed E-state index contributed by atoms with van der Waals surface area (Å²) in [6.45, 7) is 0. The van der Waals surface area contributed by atoms with E-state index in [-0.39, 0.29) is 10.7 Å². The van der Waals surface area contributed by atoms with Gasteiger partial charge in [0.15, 0.2) is 0 Å². The van der Waals surface area contributed by atoms with Crippen LogP contribution in [-0.4, -0.2) is 13.0 Å². The van der Waals surface area contributed by atoms with Gasteiger partial charge in [0.25, 0.3) is 5.91 Å². The lowest BCUT2D eigenvalue weighted by Crippen LogP contribution is -2.15. The number of benzene rings is 2. The minimum atomic E-state index is -4.58. The number of carbonyl (C=O) groups is 1. The predicted octanol–water partition coefficient (Wildman–Crippen LogP) is 4.83. The Bertz CT molecular complexity index is 921. The topological polar surface area (TPSA) is 74.1 Å². The molecule has 0 spiro atoms. The number of nitrogens with zero attached hydrogens (tertiary/aromatic N) is 1. The van der Waals surface area contributed by atoms with Crippen LogP contribution >= 0.6 is 11.6 Å². The molecule has 2 N–H and O–H groups in total. The van der Waals surface area contributed by atoms with E-state index in [4.69, 9.17) is 21.6 Å². The lowest BCUT2D eigenvalue weighted by Gasteiger charge is -2.12. The lowest BCUT2D eigenvalue weighted by molar-refractivity contribution is -0.136. The third-order valence-electron chi connectivity index (χ3n) is 3.38. The summed E-state index contributed by atoms with van der Waals surface area (Å²) in [6.07, 6.45) is -3.67. The van der Waals surface area contributed by atoms with Crippen LogP contribution in [0, 0.1) is 11.3 Å². The zero-order valence-corrected chi connectivity index (χ0v) is 14.7. The van der Waals surface area contributed by atoms with E-state index in [2.05, 4.69) is 10.6 Å². The van der Waals surface area contributed by atoms with Crippen molar-refractivity contribution in [1.82, 2.24) is 0 Å². The molecule has 1 amide bonds.